The number of nitrogens with two attached hydrogens (primary N) is 2. The number of primary amides is 1. The third-order valence-corrected chi connectivity index (χ3v) is 11.4. The molecule has 0 saturated carbocycles. The fourth-order valence-corrected chi connectivity index (χ4v) is 8.67. The molecule has 6 aromatic rings. The first-order valence-corrected chi connectivity index (χ1v) is 20.9. The van der Waals surface area contributed by atoms with E-state index in [1.165, 1.54) is 51.4 Å². The summed E-state index contributed by atoms with van der Waals surface area (Å²) < 4.78 is 112. The number of anilines is 4. The van der Waals surface area contributed by atoms with E-state index in [0.717, 1.165) is 4.90 Å². The average molecular weight is 927 g/mol. The van der Waals surface area contributed by atoms with Crippen LogP contribution in [0.25, 0.3) is 22.1 Å². The third-order valence-electron chi connectivity index (χ3n) is 11.4. The summed E-state index contributed by atoms with van der Waals surface area (Å²) in [6.07, 6.45) is -4.05. The normalized spacial score (nSPS) is 17.4. The molecule has 350 valence electrons. The number of H-pyrrole nitrogens is 2. The number of halogens is 7. The molecule has 7 N–H and O–H groups in total. The van der Waals surface area contributed by atoms with Crippen LogP contribution in [0.2, 0.25) is 0 Å². The van der Waals surface area contributed by atoms with Crippen molar-refractivity contribution >= 4 is 62.7 Å². The highest BCUT2D eigenvalue weighted by Crippen LogP contribution is 2.48. The maximum atomic E-state index is 15.2. The predicted molar refractivity (Wildman–Crippen MR) is 230 cm³/mol. The van der Waals surface area contributed by atoms with Crippen LogP contribution in [0, 0.1) is 5.82 Å². The van der Waals surface area contributed by atoms with Gasteiger partial charge in [-0.3, -0.25) is 19.2 Å². The second kappa shape index (κ2) is 17.1. The zero-order valence-electron chi connectivity index (χ0n) is 35.8. The molecule has 0 radical (unpaired) electrons. The van der Waals surface area contributed by atoms with E-state index in [4.69, 9.17) is 16.2 Å². The van der Waals surface area contributed by atoms with Gasteiger partial charge in [-0.25, -0.2) is 19.2 Å². The van der Waals surface area contributed by atoms with Crippen molar-refractivity contribution in [2.45, 2.75) is 83.0 Å². The molecule has 7 heterocycles. The summed E-state index contributed by atoms with van der Waals surface area (Å²) >= 11 is 0. The number of carbonyl (C=O) groups excluding carboxylic acids is 3. The Morgan fingerprint density at radius 2 is 1.58 bits per heavy atom. The van der Waals surface area contributed by atoms with Crippen LogP contribution in [0.15, 0.2) is 55.2 Å². The molecule has 0 aliphatic carbocycles. The lowest BCUT2D eigenvalue weighted by atomic mass is 9.98. The lowest BCUT2D eigenvalue weighted by Gasteiger charge is -2.41. The average Bonchev–Trinajstić information content (AvgIpc) is 3.99. The van der Waals surface area contributed by atoms with Crippen molar-refractivity contribution < 1.29 is 49.9 Å². The van der Waals surface area contributed by atoms with Crippen LogP contribution in [-0.2, 0) is 23.6 Å². The summed E-state index contributed by atoms with van der Waals surface area (Å²) in [7, 11) is 0. The van der Waals surface area contributed by atoms with Crippen molar-refractivity contribution in [3.05, 3.63) is 89.0 Å². The molecule has 5 aromatic heterocycles. The highest BCUT2D eigenvalue weighted by molar-refractivity contribution is 6.12. The number of fused-ring (bicyclic) bond motifs is 2. The van der Waals surface area contributed by atoms with E-state index in [1.54, 1.807) is 32.9 Å². The molecule has 0 bridgehead atoms. The molecule has 2 atom stereocenters. The Morgan fingerprint density at radius 1 is 0.894 bits per heavy atom. The third kappa shape index (κ3) is 9.15. The minimum absolute atomic E-state index is 0.0107. The van der Waals surface area contributed by atoms with Gasteiger partial charge < -0.3 is 41.3 Å². The van der Waals surface area contributed by atoms with Crippen LogP contribution < -0.4 is 31.5 Å². The van der Waals surface area contributed by atoms with E-state index < -0.39 is 76.3 Å². The van der Waals surface area contributed by atoms with E-state index in [-0.39, 0.29) is 90.3 Å². The Bertz CT molecular complexity index is 2810. The van der Waals surface area contributed by atoms with Gasteiger partial charge >= 0.3 is 18.4 Å². The largest absolute Gasteiger partial charge is 0.443 e. The molecule has 23 heteroatoms. The first-order valence-electron chi connectivity index (χ1n) is 20.9. The molecular formula is C43H45F7N12O4. The zero-order valence-corrected chi connectivity index (χ0v) is 35.8. The number of hydrogen-bond acceptors (Lipinski definition) is 10. The highest BCUT2D eigenvalue weighted by atomic mass is 19.4. The predicted octanol–water partition coefficient (Wildman–Crippen LogP) is 7.55. The fourth-order valence-electron chi connectivity index (χ4n) is 8.67. The number of carbonyl (C=O) groups is 3. The molecule has 0 unspecified atom stereocenters. The molecule has 2 saturated heterocycles. The Kier molecular flexibility index (Phi) is 11.9. The smallest absolute Gasteiger partial charge is 0.420 e. The lowest BCUT2D eigenvalue weighted by molar-refractivity contribution is -0.138. The van der Waals surface area contributed by atoms with E-state index >= 15 is 26.3 Å². The highest BCUT2D eigenvalue weighted by Gasteiger charge is 2.45. The van der Waals surface area contributed by atoms with Crippen molar-refractivity contribution in [1.29, 1.82) is 0 Å². The fraction of sp³-hybridized carbons (Fsp3) is 0.395. The van der Waals surface area contributed by atoms with Crippen LogP contribution in [0.1, 0.15) is 84.0 Å². The lowest BCUT2D eigenvalue weighted by Crippen LogP contribution is -2.52. The first kappa shape index (κ1) is 45.7. The topological polar surface area (TPSA) is 209 Å². The Morgan fingerprint density at radius 3 is 2.23 bits per heavy atom. The number of amides is 3. The molecule has 2 fully saturated rings. The van der Waals surface area contributed by atoms with Crippen molar-refractivity contribution in [3.8, 4) is 0 Å². The minimum Gasteiger partial charge on any atom is -0.443 e. The minimum atomic E-state index is -5.18. The first-order chi connectivity index (χ1) is 31.1. The summed E-state index contributed by atoms with van der Waals surface area (Å²) in [5, 5.41) is 6.57. The number of ether oxygens (including phenoxy) is 1. The van der Waals surface area contributed by atoms with E-state index in [2.05, 4.69) is 30.4 Å². The van der Waals surface area contributed by atoms with Crippen molar-refractivity contribution in [1.82, 2.24) is 29.7 Å². The second-order valence-electron chi connectivity index (χ2n) is 17.3. The monoisotopic (exact) mass is 926 g/mol. The second-order valence-corrected chi connectivity index (χ2v) is 17.3. The molecule has 2 aliphatic rings. The van der Waals surface area contributed by atoms with E-state index in [9.17, 15) is 18.8 Å². The molecule has 8 rings (SSSR count). The van der Waals surface area contributed by atoms with Gasteiger partial charge in [-0.15, -0.1) is 0 Å². The van der Waals surface area contributed by atoms with Crippen molar-refractivity contribution in [2.75, 3.05) is 46.2 Å². The molecule has 2 aliphatic heterocycles. The Balaban J connectivity index is 1.22. The summed E-state index contributed by atoms with van der Waals surface area (Å²) in [5.41, 5.74) is 6.44. The molecule has 16 nitrogen and oxygen atoms in total. The quantitative estimate of drug-likeness (QED) is 0.0900. The van der Waals surface area contributed by atoms with Crippen molar-refractivity contribution in [3.63, 3.8) is 0 Å². The molecule has 66 heavy (non-hydrogen) atoms. The van der Waals surface area contributed by atoms with Gasteiger partial charge in [0.1, 0.15) is 34.0 Å². The summed E-state index contributed by atoms with van der Waals surface area (Å²) in [6.45, 7) is 4.67. The summed E-state index contributed by atoms with van der Waals surface area (Å²) in [5.74, 6) is -2.59. The van der Waals surface area contributed by atoms with Crippen LogP contribution in [0.3, 0.4) is 0 Å². The Hall–Kier alpha value is -6.91. The Labute approximate surface area is 371 Å². The van der Waals surface area contributed by atoms with Gasteiger partial charge in [0.05, 0.1) is 63.4 Å². The van der Waals surface area contributed by atoms with Gasteiger partial charge in [0, 0.05) is 57.0 Å². The van der Waals surface area contributed by atoms with Crippen LogP contribution in [-0.4, -0.2) is 91.5 Å². The number of aromatic nitrogens is 6. The summed E-state index contributed by atoms with van der Waals surface area (Å²) in [6, 6.07) is 4.06. The van der Waals surface area contributed by atoms with Crippen LogP contribution in [0.4, 0.5) is 58.3 Å². The van der Waals surface area contributed by atoms with E-state index in [0.29, 0.717) is 24.6 Å². The molecule has 1 aromatic carbocycles. The van der Waals surface area contributed by atoms with Gasteiger partial charge in [0.25, 0.3) is 11.8 Å². The van der Waals surface area contributed by atoms with Gasteiger partial charge in [-0.05, 0) is 64.2 Å². The number of nitrogens with one attached hydrogen (secondary N) is 3. The van der Waals surface area contributed by atoms with Gasteiger partial charge in [-0.1, -0.05) is 12.1 Å². The zero-order chi connectivity index (χ0) is 47.5. The number of hydrogen-bond donors (Lipinski definition) is 5. The summed E-state index contributed by atoms with van der Waals surface area (Å²) in [4.78, 5) is 58.4. The number of nitrogens with zero attached hydrogens (tertiary/aromatic N) is 7. The number of aromatic amines is 2. The van der Waals surface area contributed by atoms with Crippen molar-refractivity contribution in [2.24, 2.45) is 11.5 Å². The van der Waals surface area contributed by atoms with Gasteiger partial charge in [0.15, 0.2) is 0 Å². The number of alkyl halides is 6. The molecule has 3 amide bonds. The molecular weight excluding hydrogens is 882 g/mol. The maximum Gasteiger partial charge on any atom is 0.420 e. The molecule has 0 spiro atoms. The SMILES string of the molecule is CC(C)(C)OC(=O)N(c1c[nH]c2nc(C(N)=O)c(C(F)(F)F)c(N3CCC[C@@H](N)C3)c12)[C@@H]1CCCN(c2c(C(F)(F)F)cnc3[nH]cc(NC(=O)c4cnn(Cc5ccc(F)cc5)c4)c23)C1. The number of rotatable bonds is 9. The standard InChI is InChI=1S/C43H45F7N12O4/c1-41(2,3)66-40(65)62(29-17-55-38-31(29)35(59-12-4-6-25(51)20-59)32(43(48,49)50)33(58-38)36(52)63)26-7-5-13-60(21-26)34-27(42(45,46)47)15-53-37-30(34)28(16-54-37)57-39(64)23-14-56-61(19-23)18-22-8-10-24(44)11-9-22/h8-11,14-17,19,25-26H,4-7,12-13,18,20-21,51H2,1-3H3,(H2,52,63)(H,53,54)(H,55,58)(H,57,64)/t25-,26-/m1/s1. The number of benzene rings is 1. The maximum absolute atomic E-state index is 15.2. The number of pyridine rings is 2. The van der Waals surface area contributed by atoms with Crippen LogP contribution in [0.5, 0.6) is 0 Å². The van der Waals surface area contributed by atoms with Gasteiger partial charge in [-0.2, -0.15) is 31.4 Å². The number of piperidine rings is 2. The van der Waals surface area contributed by atoms with Gasteiger partial charge in [0.2, 0.25) is 0 Å². The van der Waals surface area contributed by atoms with Crippen LogP contribution >= 0.6 is 0 Å². The van der Waals surface area contributed by atoms with E-state index in [1.807, 2.05) is 0 Å².